The third-order valence-corrected chi connectivity index (χ3v) is 5.57. The van der Waals surface area contributed by atoms with Gasteiger partial charge in [-0.2, -0.15) is 0 Å². The number of benzene rings is 1. The van der Waals surface area contributed by atoms with Crippen molar-refractivity contribution in [2.45, 2.75) is 39.7 Å². The molecule has 0 radical (unpaired) electrons. The van der Waals surface area contributed by atoms with Gasteiger partial charge in [0.15, 0.2) is 0 Å². The number of esters is 1. The summed E-state index contributed by atoms with van der Waals surface area (Å²) in [6.45, 7) is 11.1. The van der Waals surface area contributed by atoms with E-state index in [2.05, 4.69) is 6.58 Å². The van der Waals surface area contributed by atoms with E-state index in [1.54, 1.807) is 30.8 Å². The number of hydrogen-bond donors (Lipinski definition) is 0. The zero-order chi connectivity index (χ0) is 20.0. The average molecular weight is 390 g/mol. The van der Waals surface area contributed by atoms with Crippen molar-refractivity contribution in [1.82, 2.24) is 4.90 Å². The Morgan fingerprint density at radius 1 is 1.19 bits per heavy atom. The number of carbonyl (C=O) groups excluding carboxylic acids is 2. The number of thioether (sulfide) groups is 1. The second-order valence-corrected chi connectivity index (χ2v) is 7.83. The van der Waals surface area contributed by atoms with Crippen molar-refractivity contribution in [2.24, 2.45) is 0 Å². The lowest BCUT2D eigenvalue weighted by Crippen LogP contribution is -2.40. The van der Waals surface area contributed by atoms with Crippen LogP contribution in [0.5, 0.6) is 5.75 Å². The van der Waals surface area contributed by atoms with Gasteiger partial charge >= 0.3 is 5.97 Å². The number of piperidine rings is 1. The Hall–Kier alpha value is -2.21. The molecule has 0 atom stereocenters. The molecule has 0 saturated carbocycles. The Balaban J connectivity index is 2.19. The highest BCUT2D eigenvalue weighted by Crippen LogP contribution is 2.34. The molecule has 6 heteroatoms. The van der Waals surface area contributed by atoms with E-state index >= 15 is 0 Å². The molecule has 1 aromatic rings. The van der Waals surface area contributed by atoms with Crippen LogP contribution < -0.4 is 4.74 Å². The van der Waals surface area contributed by atoms with Crippen molar-refractivity contribution in [2.75, 3.05) is 20.2 Å². The highest BCUT2D eigenvalue weighted by molar-refractivity contribution is 8.11. The predicted octanol–water partition coefficient (Wildman–Crippen LogP) is 4.49. The summed E-state index contributed by atoms with van der Waals surface area (Å²) in [5.74, 6) is 0.304. The SMILES string of the molecule is C=C(S/C(C)=C\C)c1cc(OC2CCN(C(C)=O)CC2)cc(C(=O)OC)c1. The maximum atomic E-state index is 12.1. The standard InChI is InChI=1S/C21H27NO4S/c1-6-14(2)27-15(3)17-11-18(21(24)25-5)13-20(12-17)26-19-7-9-22(10-8-19)16(4)23/h6,11-13,19H,3,7-10H2,1-2,4-5H3/b14-6-. The maximum Gasteiger partial charge on any atom is 0.338 e. The summed E-state index contributed by atoms with van der Waals surface area (Å²) in [6, 6.07) is 5.38. The summed E-state index contributed by atoms with van der Waals surface area (Å²) in [7, 11) is 1.36. The van der Waals surface area contributed by atoms with Crippen molar-refractivity contribution in [3.8, 4) is 5.75 Å². The normalized spacial score (nSPS) is 15.4. The van der Waals surface area contributed by atoms with Gasteiger partial charge in [-0.25, -0.2) is 4.79 Å². The summed E-state index contributed by atoms with van der Waals surface area (Å²) in [5.41, 5.74) is 1.27. The number of methoxy groups -OCH3 is 1. The minimum absolute atomic E-state index is 0.0135. The quantitative estimate of drug-likeness (QED) is 0.671. The lowest BCUT2D eigenvalue weighted by atomic mass is 10.1. The molecule has 0 unspecified atom stereocenters. The fourth-order valence-electron chi connectivity index (χ4n) is 2.86. The van der Waals surface area contributed by atoms with Crippen LogP contribution in [0.25, 0.3) is 4.91 Å². The molecule has 0 N–H and O–H groups in total. The maximum absolute atomic E-state index is 12.1. The molecule has 1 aromatic carbocycles. The molecule has 1 amide bonds. The van der Waals surface area contributed by atoms with Gasteiger partial charge in [-0.15, -0.1) is 0 Å². The summed E-state index contributed by atoms with van der Waals surface area (Å²) in [6.07, 6.45) is 3.56. The van der Waals surface area contributed by atoms with Crippen LogP contribution in [0.2, 0.25) is 0 Å². The lowest BCUT2D eigenvalue weighted by molar-refractivity contribution is -0.130. The molecule has 1 aliphatic rings. The van der Waals surface area contributed by atoms with Gasteiger partial charge in [-0.05, 0) is 42.5 Å². The van der Waals surface area contributed by atoms with Crippen molar-refractivity contribution >= 4 is 28.5 Å². The second-order valence-electron chi connectivity index (χ2n) is 6.49. The Morgan fingerprint density at radius 3 is 2.37 bits per heavy atom. The van der Waals surface area contributed by atoms with E-state index in [0.29, 0.717) is 24.4 Å². The van der Waals surface area contributed by atoms with Gasteiger partial charge in [-0.3, -0.25) is 4.79 Å². The summed E-state index contributed by atoms with van der Waals surface area (Å²) in [4.78, 5) is 27.3. The largest absolute Gasteiger partial charge is 0.490 e. The molecular formula is C21H27NO4S. The third-order valence-electron chi connectivity index (χ3n) is 4.53. The van der Waals surface area contributed by atoms with Crippen LogP contribution in [-0.2, 0) is 9.53 Å². The van der Waals surface area contributed by atoms with E-state index in [0.717, 1.165) is 28.2 Å². The molecule has 1 heterocycles. The molecule has 27 heavy (non-hydrogen) atoms. The molecule has 0 aromatic heterocycles. The van der Waals surface area contributed by atoms with Crippen LogP contribution in [0.3, 0.4) is 0 Å². The van der Waals surface area contributed by atoms with E-state index in [9.17, 15) is 9.59 Å². The van der Waals surface area contributed by atoms with Gasteiger partial charge in [0.05, 0.1) is 12.7 Å². The Morgan fingerprint density at radius 2 is 1.81 bits per heavy atom. The van der Waals surface area contributed by atoms with E-state index in [-0.39, 0.29) is 12.0 Å². The fraction of sp³-hybridized carbons (Fsp3) is 0.429. The highest BCUT2D eigenvalue weighted by Gasteiger charge is 2.22. The molecule has 1 saturated heterocycles. The van der Waals surface area contributed by atoms with Gasteiger partial charge in [0.2, 0.25) is 5.91 Å². The number of rotatable bonds is 6. The van der Waals surface area contributed by atoms with Crippen LogP contribution in [-0.4, -0.2) is 43.1 Å². The van der Waals surface area contributed by atoms with Crippen LogP contribution in [0, 0.1) is 0 Å². The lowest BCUT2D eigenvalue weighted by Gasteiger charge is -2.31. The van der Waals surface area contributed by atoms with Gasteiger partial charge < -0.3 is 14.4 Å². The smallest absolute Gasteiger partial charge is 0.338 e. The summed E-state index contributed by atoms with van der Waals surface area (Å²) >= 11 is 1.55. The van der Waals surface area contributed by atoms with Crippen molar-refractivity contribution in [3.63, 3.8) is 0 Å². The van der Waals surface area contributed by atoms with Gasteiger partial charge in [0, 0.05) is 37.8 Å². The number of ether oxygens (including phenoxy) is 2. The van der Waals surface area contributed by atoms with Crippen LogP contribution in [0.15, 0.2) is 35.8 Å². The van der Waals surface area contributed by atoms with Gasteiger partial charge in [0.1, 0.15) is 11.9 Å². The number of nitrogens with zero attached hydrogens (tertiary/aromatic N) is 1. The average Bonchev–Trinajstić information content (AvgIpc) is 2.67. The predicted molar refractivity (Wildman–Crippen MR) is 110 cm³/mol. The van der Waals surface area contributed by atoms with E-state index in [4.69, 9.17) is 9.47 Å². The van der Waals surface area contributed by atoms with Crippen LogP contribution in [0.4, 0.5) is 0 Å². The summed E-state index contributed by atoms with van der Waals surface area (Å²) < 4.78 is 11.0. The molecule has 0 aliphatic carbocycles. The molecule has 0 spiro atoms. The highest BCUT2D eigenvalue weighted by atomic mass is 32.2. The molecule has 146 valence electrons. The Kier molecular flexibility index (Phi) is 7.54. The first-order valence-corrected chi connectivity index (χ1v) is 9.81. The summed E-state index contributed by atoms with van der Waals surface area (Å²) in [5, 5.41) is 0. The molecule has 1 aliphatic heterocycles. The van der Waals surface area contributed by atoms with Crippen molar-refractivity contribution in [1.29, 1.82) is 0 Å². The zero-order valence-electron chi connectivity index (χ0n) is 16.4. The number of amides is 1. The first kappa shape index (κ1) is 21.1. The molecule has 0 bridgehead atoms. The topological polar surface area (TPSA) is 55.8 Å². The first-order chi connectivity index (χ1) is 12.8. The van der Waals surface area contributed by atoms with Crippen molar-refractivity contribution < 1.29 is 19.1 Å². The number of likely N-dealkylation sites (tertiary alicyclic amines) is 1. The van der Waals surface area contributed by atoms with E-state index < -0.39 is 5.97 Å². The van der Waals surface area contributed by atoms with E-state index in [1.807, 2.05) is 30.9 Å². The second kappa shape index (κ2) is 9.65. The zero-order valence-corrected chi connectivity index (χ0v) is 17.2. The number of hydrogen-bond acceptors (Lipinski definition) is 5. The molecule has 1 fully saturated rings. The first-order valence-electron chi connectivity index (χ1n) is 8.99. The van der Waals surface area contributed by atoms with Crippen molar-refractivity contribution in [3.05, 3.63) is 46.9 Å². The number of carbonyl (C=O) groups is 2. The third kappa shape index (κ3) is 5.89. The Bertz CT molecular complexity index is 749. The fourth-order valence-corrected chi connectivity index (χ4v) is 3.60. The number of allylic oxidation sites excluding steroid dienone is 2. The van der Waals surface area contributed by atoms with E-state index in [1.165, 1.54) is 7.11 Å². The minimum atomic E-state index is -0.409. The Labute approximate surface area is 165 Å². The minimum Gasteiger partial charge on any atom is -0.490 e. The van der Waals surface area contributed by atoms with Gasteiger partial charge in [-0.1, -0.05) is 24.4 Å². The van der Waals surface area contributed by atoms with Crippen LogP contribution >= 0.6 is 11.8 Å². The van der Waals surface area contributed by atoms with Gasteiger partial charge in [0.25, 0.3) is 0 Å². The molecular weight excluding hydrogens is 362 g/mol. The molecule has 5 nitrogen and oxygen atoms in total. The van der Waals surface area contributed by atoms with Crippen LogP contribution in [0.1, 0.15) is 49.5 Å². The molecule has 2 rings (SSSR count). The monoisotopic (exact) mass is 389 g/mol.